The molecular weight excluding hydrogens is 846 g/mol. The van der Waals surface area contributed by atoms with Gasteiger partial charge >= 0.3 is 30.1 Å². The number of amides is 2. The lowest BCUT2D eigenvalue weighted by Gasteiger charge is -2.13. The number of methoxy groups -OCH3 is 1. The van der Waals surface area contributed by atoms with Gasteiger partial charge in [-0.15, -0.1) is 0 Å². The van der Waals surface area contributed by atoms with E-state index < -0.39 is 72.9 Å². The van der Waals surface area contributed by atoms with Gasteiger partial charge in [-0.2, -0.15) is 18.2 Å². The van der Waals surface area contributed by atoms with E-state index >= 15 is 0 Å². The molecule has 1 unspecified atom stereocenters. The molecule has 0 saturated heterocycles. The number of esters is 3. The van der Waals surface area contributed by atoms with Crippen molar-refractivity contribution in [2.24, 2.45) is 0 Å². The second-order valence-electron chi connectivity index (χ2n) is 10.8. The van der Waals surface area contributed by atoms with Crippen molar-refractivity contribution in [3.05, 3.63) is 104 Å². The number of ether oxygens (including phenoxy) is 5. The van der Waals surface area contributed by atoms with Crippen LogP contribution in [0.2, 0.25) is 10.2 Å². The maximum Gasteiger partial charge on any atom is 0.416 e. The number of alkyl halides is 3. The Morgan fingerprint density at radius 3 is 2.19 bits per heavy atom. The van der Waals surface area contributed by atoms with Crippen LogP contribution >= 0.6 is 23.2 Å². The largest absolute Gasteiger partial charge is 0.481 e. The number of halogens is 5. The van der Waals surface area contributed by atoms with Crippen molar-refractivity contribution in [1.82, 2.24) is 14.7 Å². The highest BCUT2D eigenvalue weighted by Crippen LogP contribution is 2.37. The van der Waals surface area contributed by atoms with E-state index in [-0.39, 0.29) is 52.3 Å². The molecule has 2 N–H and O–H groups in total. The summed E-state index contributed by atoms with van der Waals surface area (Å²) < 4.78 is 89.6. The van der Waals surface area contributed by atoms with Crippen LogP contribution in [0.4, 0.5) is 29.6 Å². The summed E-state index contributed by atoms with van der Waals surface area (Å²) in [5.74, 6) is -3.39. The molecule has 1 heterocycles. The van der Waals surface area contributed by atoms with E-state index in [1.54, 1.807) is 18.6 Å². The van der Waals surface area contributed by atoms with Gasteiger partial charge in [0.15, 0.2) is 6.10 Å². The number of anilines is 1. The Labute approximate surface area is 336 Å². The zero-order chi connectivity index (χ0) is 43.4. The van der Waals surface area contributed by atoms with E-state index in [9.17, 15) is 50.9 Å². The van der Waals surface area contributed by atoms with E-state index in [1.165, 1.54) is 44.4 Å². The van der Waals surface area contributed by atoms with Crippen molar-refractivity contribution in [2.45, 2.75) is 37.9 Å². The standard InChI is InChI=1S/C19H15ClF3NO7.C15H15ClN4O6S/c1-3-29-17(25)10(2)30-18(26)13-9-12(5-6-15(13)24(27)28)31-16-7-4-11(8-14(16)20)19(21,22)23;1-3-26-13(21)9-6-4-5-7-10(9)27(23,24)20-15(22)19-14-17-11(16)8-12(18-14)25-2/h4-10H,3H2,1-2H3;4-8H,3H2,1-2H3,(H2,17,18,19,20,22). The first-order chi connectivity index (χ1) is 27.2. The van der Waals surface area contributed by atoms with Gasteiger partial charge in [0, 0.05) is 18.2 Å². The average Bonchev–Trinajstić information content (AvgIpc) is 3.15. The first-order valence-corrected chi connectivity index (χ1v) is 18.3. The molecule has 0 bridgehead atoms. The van der Waals surface area contributed by atoms with Crippen LogP contribution in [0.15, 0.2) is 71.6 Å². The average molecular weight is 877 g/mol. The summed E-state index contributed by atoms with van der Waals surface area (Å²) in [6, 6.07) is 10.8. The fraction of sp³-hybridized carbons (Fsp3) is 0.235. The minimum atomic E-state index is -4.61. The number of rotatable bonds is 13. The Morgan fingerprint density at radius 2 is 1.59 bits per heavy atom. The van der Waals surface area contributed by atoms with Crippen LogP contribution in [0.1, 0.15) is 47.1 Å². The van der Waals surface area contributed by atoms with Crippen LogP contribution in [-0.4, -0.2) is 73.7 Å². The Hall–Kier alpha value is -6.26. The van der Waals surface area contributed by atoms with E-state index in [1.807, 2.05) is 0 Å². The predicted molar refractivity (Wildman–Crippen MR) is 196 cm³/mol. The predicted octanol–water partition coefficient (Wildman–Crippen LogP) is 6.99. The second kappa shape index (κ2) is 20.2. The molecule has 0 aliphatic rings. The summed E-state index contributed by atoms with van der Waals surface area (Å²) in [6.07, 6.45) is -5.94. The number of nitrogens with zero attached hydrogens (tertiary/aromatic N) is 3. The van der Waals surface area contributed by atoms with Crippen LogP contribution < -0.4 is 19.5 Å². The molecule has 1 atom stereocenters. The van der Waals surface area contributed by atoms with Gasteiger partial charge in [0.05, 0.1) is 41.4 Å². The van der Waals surface area contributed by atoms with Crippen LogP contribution in [0.3, 0.4) is 0 Å². The quantitative estimate of drug-likeness (QED) is 0.0452. The summed E-state index contributed by atoms with van der Waals surface area (Å²) in [5, 5.41) is 13.0. The third-order valence-corrected chi connectivity index (χ3v) is 8.66. The van der Waals surface area contributed by atoms with Gasteiger partial charge in [0.25, 0.3) is 15.7 Å². The molecule has 2 amide bonds. The summed E-state index contributed by atoms with van der Waals surface area (Å²) in [4.78, 5) is 65.5. The summed E-state index contributed by atoms with van der Waals surface area (Å²) in [7, 11) is -3.05. The topological polar surface area (TPSA) is 242 Å². The van der Waals surface area contributed by atoms with E-state index in [0.29, 0.717) is 6.07 Å². The van der Waals surface area contributed by atoms with Crippen molar-refractivity contribution in [1.29, 1.82) is 0 Å². The number of hydrogen-bond donors (Lipinski definition) is 2. The molecule has 1 aromatic heterocycles. The number of nitrogens with one attached hydrogen (secondary N) is 2. The van der Waals surface area contributed by atoms with Crippen molar-refractivity contribution in [3.8, 4) is 17.4 Å². The minimum absolute atomic E-state index is 0.0207. The number of sulfonamides is 1. The molecule has 3 aromatic carbocycles. The van der Waals surface area contributed by atoms with E-state index in [4.69, 9.17) is 46.9 Å². The maximum atomic E-state index is 12.8. The van der Waals surface area contributed by atoms with Crippen LogP contribution in [0, 0.1) is 10.1 Å². The molecule has 0 aliphatic heterocycles. The monoisotopic (exact) mass is 875 g/mol. The Morgan fingerprint density at radius 1 is 0.914 bits per heavy atom. The molecule has 0 radical (unpaired) electrons. The van der Waals surface area contributed by atoms with Gasteiger partial charge in [-0.3, -0.25) is 15.4 Å². The molecule has 0 fully saturated rings. The number of aromatic nitrogens is 2. The van der Waals surface area contributed by atoms with Gasteiger partial charge in [0.2, 0.25) is 11.8 Å². The van der Waals surface area contributed by atoms with Crippen molar-refractivity contribution < 1.29 is 69.4 Å². The number of carbonyl (C=O) groups is 4. The first-order valence-electron chi connectivity index (χ1n) is 16.1. The van der Waals surface area contributed by atoms with Crippen molar-refractivity contribution in [2.75, 3.05) is 25.6 Å². The summed E-state index contributed by atoms with van der Waals surface area (Å²) in [6.45, 7) is 4.46. The molecule has 0 spiro atoms. The highest BCUT2D eigenvalue weighted by atomic mass is 35.5. The molecule has 0 aliphatic carbocycles. The zero-order valence-corrected chi connectivity index (χ0v) is 32.6. The molecule has 0 saturated carbocycles. The first kappa shape index (κ1) is 46.1. The van der Waals surface area contributed by atoms with Gasteiger partial charge < -0.3 is 23.7 Å². The number of hydrogen-bond acceptors (Lipinski definition) is 15. The summed E-state index contributed by atoms with van der Waals surface area (Å²) in [5.41, 5.74) is -2.38. The number of nitro benzene ring substituents is 1. The van der Waals surface area contributed by atoms with Crippen LogP contribution in [-0.2, 0) is 35.2 Å². The number of nitro groups is 1. The lowest BCUT2D eigenvalue weighted by Crippen LogP contribution is -2.35. The minimum Gasteiger partial charge on any atom is -0.481 e. The van der Waals surface area contributed by atoms with Crippen molar-refractivity contribution >= 4 is 68.8 Å². The highest BCUT2D eigenvalue weighted by molar-refractivity contribution is 7.90. The van der Waals surface area contributed by atoms with Crippen LogP contribution in [0.25, 0.3) is 0 Å². The molecule has 4 aromatic rings. The van der Waals surface area contributed by atoms with E-state index in [2.05, 4.69) is 15.3 Å². The number of carbonyl (C=O) groups excluding carboxylic acids is 4. The molecule has 24 heteroatoms. The smallest absolute Gasteiger partial charge is 0.416 e. The number of urea groups is 1. The third kappa shape index (κ3) is 12.9. The summed E-state index contributed by atoms with van der Waals surface area (Å²) >= 11 is 11.6. The van der Waals surface area contributed by atoms with Gasteiger partial charge in [-0.05, 0) is 57.2 Å². The molecule has 310 valence electrons. The van der Waals surface area contributed by atoms with Gasteiger partial charge in [-0.1, -0.05) is 35.3 Å². The SMILES string of the molecule is CCOC(=O)C(C)OC(=O)c1cc(Oc2ccc(C(F)(F)F)cc2Cl)ccc1[N+](=O)[O-].CCOC(=O)c1ccccc1S(=O)(=O)NC(=O)Nc1nc(Cl)cc(OC)n1. The van der Waals surface area contributed by atoms with Gasteiger partial charge in [-0.25, -0.2) is 37.3 Å². The Balaban J connectivity index is 0.000000313. The Bertz CT molecular complexity index is 2300. The third-order valence-electron chi connectivity index (χ3n) is 6.78. The molecule has 58 heavy (non-hydrogen) atoms. The molecule has 4 rings (SSSR count). The maximum absolute atomic E-state index is 12.8. The van der Waals surface area contributed by atoms with Crippen molar-refractivity contribution in [3.63, 3.8) is 0 Å². The highest BCUT2D eigenvalue weighted by Gasteiger charge is 2.32. The van der Waals surface area contributed by atoms with E-state index in [0.717, 1.165) is 30.3 Å². The lowest BCUT2D eigenvalue weighted by atomic mass is 10.1. The normalized spacial score (nSPS) is 11.5. The second-order valence-corrected chi connectivity index (χ2v) is 13.3. The lowest BCUT2D eigenvalue weighted by molar-refractivity contribution is -0.385. The number of benzene rings is 3. The van der Waals surface area contributed by atoms with Gasteiger partial charge in [0.1, 0.15) is 27.1 Å². The zero-order valence-electron chi connectivity index (χ0n) is 30.3. The molecular formula is C34H30Cl2F3N5O13S. The fourth-order valence-electron chi connectivity index (χ4n) is 4.26. The van der Waals surface area contributed by atoms with Crippen LogP contribution in [0.5, 0.6) is 17.4 Å². The fourth-order valence-corrected chi connectivity index (χ4v) is 5.76. The Kier molecular flexibility index (Phi) is 16.1. The molecule has 18 nitrogen and oxygen atoms in total.